The third-order valence-corrected chi connectivity index (χ3v) is 4.86. The van der Waals surface area contributed by atoms with Gasteiger partial charge in [0.2, 0.25) is 5.91 Å². The van der Waals surface area contributed by atoms with Crippen molar-refractivity contribution in [3.8, 4) is 6.07 Å². The first-order valence-corrected chi connectivity index (χ1v) is 6.61. The minimum Gasteiger partial charge on any atom is -0.379 e. The Labute approximate surface area is 111 Å². The maximum atomic E-state index is 11.4. The van der Waals surface area contributed by atoms with Crippen LogP contribution in [0.3, 0.4) is 0 Å². The zero-order valence-corrected chi connectivity index (χ0v) is 10.5. The van der Waals surface area contributed by atoms with E-state index >= 15 is 0 Å². The van der Waals surface area contributed by atoms with Gasteiger partial charge in [-0.25, -0.2) is 0 Å². The summed E-state index contributed by atoms with van der Waals surface area (Å²) in [6, 6.07) is 8.61. The molecule has 19 heavy (non-hydrogen) atoms. The molecule has 2 fully saturated rings. The summed E-state index contributed by atoms with van der Waals surface area (Å²) >= 11 is 0. The Balaban J connectivity index is 1.79. The number of rotatable bonds is 2. The Kier molecular flexibility index (Phi) is 1.95. The molecular formula is C15H14N2O2. The Hall–Kier alpha value is -1.86. The zero-order chi connectivity index (χ0) is 13.1. The molecule has 3 aliphatic rings. The lowest BCUT2D eigenvalue weighted by Gasteiger charge is -2.45. The maximum Gasteiger partial charge on any atom is 0.228 e. The second kappa shape index (κ2) is 3.37. The molecule has 4 nitrogen and oxygen atoms in total. The van der Waals surface area contributed by atoms with Crippen LogP contribution in [0.4, 0.5) is 5.69 Å². The van der Waals surface area contributed by atoms with Gasteiger partial charge < -0.3 is 10.1 Å². The fourth-order valence-electron chi connectivity index (χ4n) is 3.37. The number of nitriles is 1. The number of carbonyl (C=O) groups excluding carboxylic acids is 1. The predicted octanol–water partition coefficient (Wildman–Crippen LogP) is 1.75. The zero-order valence-electron chi connectivity index (χ0n) is 10.5. The summed E-state index contributed by atoms with van der Waals surface area (Å²) in [5.74, 6) is 0.0486. The van der Waals surface area contributed by atoms with Crippen molar-refractivity contribution in [1.29, 1.82) is 5.26 Å². The third-order valence-electron chi connectivity index (χ3n) is 4.86. The highest BCUT2D eigenvalue weighted by atomic mass is 16.5. The monoisotopic (exact) mass is 254 g/mol. The summed E-state index contributed by atoms with van der Waals surface area (Å²) in [7, 11) is 0. The van der Waals surface area contributed by atoms with Gasteiger partial charge in [-0.3, -0.25) is 4.79 Å². The van der Waals surface area contributed by atoms with E-state index in [0.29, 0.717) is 19.6 Å². The molecule has 0 aromatic heterocycles. The second-order valence-electron chi connectivity index (χ2n) is 5.87. The molecule has 4 heteroatoms. The van der Waals surface area contributed by atoms with E-state index in [1.165, 1.54) is 0 Å². The number of nitrogens with one attached hydrogen (secondary N) is 1. The Morgan fingerprint density at radius 3 is 2.68 bits per heavy atom. The highest BCUT2D eigenvalue weighted by molar-refractivity contribution is 5.99. The lowest BCUT2D eigenvalue weighted by molar-refractivity contribution is -0.115. The Morgan fingerprint density at radius 1 is 1.32 bits per heavy atom. The number of nitrogens with zero attached hydrogens (tertiary/aromatic N) is 1. The summed E-state index contributed by atoms with van der Waals surface area (Å²) in [5, 5.41) is 12.3. The van der Waals surface area contributed by atoms with Gasteiger partial charge in [-0.05, 0) is 30.0 Å². The molecule has 2 aliphatic heterocycles. The maximum absolute atomic E-state index is 11.4. The molecule has 1 saturated heterocycles. The molecule has 0 unspecified atom stereocenters. The molecule has 4 rings (SSSR count). The average molecular weight is 254 g/mol. The van der Waals surface area contributed by atoms with Crippen LogP contribution in [0.15, 0.2) is 18.2 Å². The van der Waals surface area contributed by atoms with Crippen LogP contribution in [0.2, 0.25) is 0 Å². The van der Waals surface area contributed by atoms with Gasteiger partial charge in [0, 0.05) is 5.69 Å². The van der Waals surface area contributed by atoms with Gasteiger partial charge in [0.05, 0.1) is 36.5 Å². The second-order valence-corrected chi connectivity index (χ2v) is 5.87. The van der Waals surface area contributed by atoms with Crippen LogP contribution in [0, 0.1) is 16.7 Å². The van der Waals surface area contributed by atoms with Crippen LogP contribution < -0.4 is 5.32 Å². The van der Waals surface area contributed by atoms with Crippen molar-refractivity contribution in [1.82, 2.24) is 0 Å². The minimum atomic E-state index is -0.241. The fourth-order valence-corrected chi connectivity index (χ4v) is 3.37. The highest BCUT2D eigenvalue weighted by Crippen LogP contribution is 2.62. The van der Waals surface area contributed by atoms with Gasteiger partial charge in [-0.15, -0.1) is 0 Å². The minimum absolute atomic E-state index is 0.0486. The molecule has 1 N–H and O–H groups in total. The highest BCUT2D eigenvalue weighted by Gasteiger charge is 2.64. The molecule has 0 bridgehead atoms. The van der Waals surface area contributed by atoms with Crippen molar-refractivity contribution in [2.45, 2.75) is 24.7 Å². The normalized spacial score (nSPS) is 24.9. The molecule has 1 aromatic rings. The SMILES string of the molecule is N#CC1(C2(c3ccc4c(c3)CC(=O)N4)COC2)CC1. The Morgan fingerprint density at radius 2 is 2.11 bits per heavy atom. The molecular weight excluding hydrogens is 240 g/mol. The van der Waals surface area contributed by atoms with Gasteiger partial charge >= 0.3 is 0 Å². The molecule has 1 saturated carbocycles. The van der Waals surface area contributed by atoms with E-state index in [2.05, 4.69) is 17.5 Å². The number of ether oxygens (including phenoxy) is 1. The smallest absolute Gasteiger partial charge is 0.228 e. The van der Waals surface area contributed by atoms with E-state index in [0.717, 1.165) is 29.7 Å². The standard InChI is InChI=1S/C15H14N2O2/c16-7-14(3-4-14)15(8-19-9-15)11-1-2-12-10(5-11)6-13(18)17-12/h1-2,5H,3-4,6,8-9H2,(H,17,18). The number of hydrogen-bond donors (Lipinski definition) is 1. The number of carbonyl (C=O) groups is 1. The lowest BCUT2D eigenvalue weighted by Crippen LogP contribution is -2.53. The lowest BCUT2D eigenvalue weighted by atomic mass is 9.66. The predicted molar refractivity (Wildman–Crippen MR) is 68.6 cm³/mol. The number of anilines is 1. The van der Waals surface area contributed by atoms with Gasteiger partial charge in [-0.1, -0.05) is 12.1 Å². The molecule has 0 spiro atoms. The van der Waals surface area contributed by atoms with Crippen LogP contribution in [-0.2, 0) is 21.4 Å². The topological polar surface area (TPSA) is 62.1 Å². The van der Waals surface area contributed by atoms with Gasteiger partial charge in [-0.2, -0.15) is 5.26 Å². The summed E-state index contributed by atoms with van der Waals surface area (Å²) in [6.45, 7) is 1.25. The Bertz CT molecular complexity index is 622. The van der Waals surface area contributed by atoms with Crippen molar-refractivity contribution < 1.29 is 9.53 Å². The van der Waals surface area contributed by atoms with Gasteiger partial charge in [0.25, 0.3) is 0 Å². The van der Waals surface area contributed by atoms with Crippen LogP contribution >= 0.6 is 0 Å². The van der Waals surface area contributed by atoms with E-state index in [9.17, 15) is 10.1 Å². The number of amides is 1. The van der Waals surface area contributed by atoms with E-state index in [4.69, 9.17) is 4.74 Å². The number of fused-ring (bicyclic) bond motifs is 1. The molecule has 0 atom stereocenters. The first kappa shape index (κ1) is 11.0. The van der Waals surface area contributed by atoms with Crippen molar-refractivity contribution in [3.05, 3.63) is 29.3 Å². The first-order valence-electron chi connectivity index (χ1n) is 6.61. The van der Waals surface area contributed by atoms with Crippen LogP contribution in [0.5, 0.6) is 0 Å². The van der Waals surface area contributed by atoms with E-state index in [1.807, 2.05) is 12.1 Å². The largest absolute Gasteiger partial charge is 0.379 e. The van der Waals surface area contributed by atoms with Crippen LogP contribution in [0.25, 0.3) is 0 Å². The molecule has 2 heterocycles. The van der Waals surface area contributed by atoms with Crippen LogP contribution in [-0.4, -0.2) is 19.1 Å². The molecule has 96 valence electrons. The summed E-state index contributed by atoms with van der Waals surface area (Å²) < 4.78 is 5.43. The van der Waals surface area contributed by atoms with E-state index < -0.39 is 0 Å². The van der Waals surface area contributed by atoms with Crippen molar-refractivity contribution in [2.75, 3.05) is 18.5 Å². The quantitative estimate of drug-likeness (QED) is 0.874. The number of hydrogen-bond acceptors (Lipinski definition) is 3. The molecule has 1 amide bonds. The fraction of sp³-hybridized carbons (Fsp3) is 0.467. The van der Waals surface area contributed by atoms with Gasteiger partial charge in [0.1, 0.15) is 0 Å². The van der Waals surface area contributed by atoms with Gasteiger partial charge in [0.15, 0.2) is 0 Å². The summed E-state index contributed by atoms with van der Waals surface area (Å²) in [5.41, 5.74) is 2.72. The third kappa shape index (κ3) is 1.28. The summed E-state index contributed by atoms with van der Waals surface area (Å²) in [4.78, 5) is 11.4. The van der Waals surface area contributed by atoms with Crippen molar-refractivity contribution >= 4 is 11.6 Å². The molecule has 0 radical (unpaired) electrons. The van der Waals surface area contributed by atoms with Crippen LogP contribution in [0.1, 0.15) is 24.0 Å². The average Bonchev–Trinajstić information content (AvgIpc) is 3.04. The van der Waals surface area contributed by atoms with E-state index in [1.54, 1.807) is 0 Å². The summed E-state index contributed by atoms with van der Waals surface area (Å²) in [6.07, 6.45) is 2.36. The van der Waals surface area contributed by atoms with Crippen molar-refractivity contribution in [2.24, 2.45) is 5.41 Å². The number of benzene rings is 1. The van der Waals surface area contributed by atoms with E-state index in [-0.39, 0.29) is 16.7 Å². The molecule has 1 aromatic carbocycles. The van der Waals surface area contributed by atoms with Crippen molar-refractivity contribution in [3.63, 3.8) is 0 Å². The first-order chi connectivity index (χ1) is 9.19. The molecule has 1 aliphatic carbocycles.